The second-order valence-electron chi connectivity index (χ2n) is 5.53. The minimum atomic E-state index is 0.0506. The van der Waals surface area contributed by atoms with Crippen LogP contribution in [0.5, 0.6) is 5.75 Å². The Morgan fingerprint density at radius 1 is 1.33 bits per heavy atom. The van der Waals surface area contributed by atoms with E-state index in [4.69, 9.17) is 4.74 Å². The quantitative estimate of drug-likeness (QED) is 0.558. The molecule has 0 N–H and O–H groups in total. The van der Waals surface area contributed by atoms with Gasteiger partial charge >= 0.3 is 0 Å². The SMILES string of the molecule is Cc1cc(C(=O)COc2ccccc2I)c(C)n1C1CC1. The zero-order valence-electron chi connectivity index (χ0n) is 12.2. The van der Waals surface area contributed by atoms with E-state index in [2.05, 4.69) is 34.1 Å². The summed E-state index contributed by atoms with van der Waals surface area (Å²) in [4.78, 5) is 12.4. The molecule has 1 aromatic carbocycles. The summed E-state index contributed by atoms with van der Waals surface area (Å²) in [5, 5.41) is 0. The highest BCUT2D eigenvalue weighted by Crippen LogP contribution is 2.38. The van der Waals surface area contributed by atoms with Crippen molar-refractivity contribution in [3.8, 4) is 5.75 Å². The number of nitrogens with zero attached hydrogens (tertiary/aromatic N) is 1. The van der Waals surface area contributed by atoms with Crippen molar-refractivity contribution in [3.05, 3.63) is 50.9 Å². The lowest BCUT2D eigenvalue weighted by Gasteiger charge is -2.09. The summed E-state index contributed by atoms with van der Waals surface area (Å²) in [5.41, 5.74) is 3.05. The van der Waals surface area contributed by atoms with Crippen molar-refractivity contribution < 1.29 is 9.53 Å². The molecule has 1 aliphatic carbocycles. The van der Waals surface area contributed by atoms with Crippen LogP contribution in [0.4, 0.5) is 0 Å². The Hall–Kier alpha value is -1.30. The largest absolute Gasteiger partial charge is 0.484 e. The number of ether oxygens (including phenoxy) is 1. The number of aryl methyl sites for hydroxylation is 1. The molecule has 0 aliphatic heterocycles. The summed E-state index contributed by atoms with van der Waals surface area (Å²) in [6.45, 7) is 4.20. The number of carbonyl (C=O) groups excluding carboxylic acids is 1. The lowest BCUT2D eigenvalue weighted by atomic mass is 10.1. The molecule has 1 aromatic heterocycles. The van der Waals surface area contributed by atoms with Crippen molar-refractivity contribution in [1.82, 2.24) is 4.57 Å². The molecule has 1 fully saturated rings. The summed E-state index contributed by atoms with van der Waals surface area (Å²) in [6.07, 6.45) is 2.45. The Morgan fingerprint density at radius 2 is 2.05 bits per heavy atom. The van der Waals surface area contributed by atoms with Crippen LogP contribution in [0.15, 0.2) is 30.3 Å². The number of aromatic nitrogens is 1. The van der Waals surface area contributed by atoms with Gasteiger partial charge in [0.15, 0.2) is 6.61 Å². The van der Waals surface area contributed by atoms with Crippen molar-refractivity contribution in [2.75, 3.05) is 6.61 Å². The summed E-state index contributed by atoms with van der Waals surface area (Å²) >= 11 is 2.21. The monoisotopic (exact) mass is 395 g/mol. The van der Waals surface area contributed by atoms with E-state index in [9.17, 15) is 4.79 Å². The molecule has 110 valence electrons. The van der Waals surface area contributed by atoms with Crippen molar-refractivity contribution in [1.29, 1.82) is 0 Å². The van der Waals surface area contributed by atoms with Gasteiger partial charge in [0.1, 0.15) is 5.75 Å². The van der Waals surface area contributed by atoms with Crippen LogP contribution in [0.25, 0.3) is 0 Å². The summed E-state index contributed by atoms with van der Waals surface area (Å²) in [7, 11) is 0. The van der Waals surface area contributed by atoms with Gasteiger partial charge in [0.25, 0.3) is 0 Å². The molecule has 0 bridgehead atoms. The lowest BCUT2D eigenvalue weighted by Crippen LogP contribution is -2.13. The normalized spacial score (nSPS) is 14.2. The van der Waals surface area contributed by atoms with Crippen molar-refractivity contribution in [2.24, 2.45) is 0 Å². The average molecular weight is 395 g/mol. The topological polar surface area (TPSA) is 31.2 Å². The Bertz CT molecular complexity index is 686. The van der Waals surface area contributed by atoms with Gasteiger partial charge in [-0.25, -0.2) is 0 Å². The zero-order chi connectivity index (χ0) is 15.0. The summed E-state index contributed by atoms with van der Waals surface area (Å²) in [6, 6.07) is 10.3. The molecule has 1 aliphatic rings. The number of carbonyl (C=O) groups is 1. The van der Waals surface area contributed by atoms with Crippen LogP contribution in [0.3, 0.4) is 0 Å². The molecule has 0 atom stereocenters. The maximum atomic E-state index is 12.4. The van der Waals surface area contributed by atoms with Gasteiger partial charge in [-0.1, -0.05) is 12.1 Å². The minimum absolute atomic E-state index is 0.0506. The molecule has 3 nitrogen and oxygen atoms in total. The van der Waals surface area contributed by atoms with E-state index < -0.39 is 0 Å². The maximum Gasteiger partial charge on any atom is 0.202 e. The number of para-hydroxylation sites is 1. The molecule has 0 amide bonds. The number of hydrogen-bond donors (Lipinski definition) is 0. The van der Waals surface area contributed by atoms with Gasteiger partial charge in [0, 0.05) is 23.0 Å². The molecule has 0 radical (unpaired) electrons. The van der Waals surface area contributed by atoms with Crippen LogP contribution in [-0.4, -0.2) is 17.0 Å². The average Bonchev–Trinajstić information content (AvgIpc) is 3.24. The number of ketones is 1. The molecule has 1 heterocycles. The van der Waals surface area contributed by atoms with Crippen LogP contribution >= 0.6 is 22.6 Å². The van der Waals surface area contributed by atoms with Crippen LogP contribution in [-0.2, 0) is 0 Å². The second kappa shape index (κ2) is 5.83. The fourth-order valence-electron chi connectivity index (χ4n) is 2.74. The number of rotatable bonds is 5. The highest BCUT2D eigenvalue weighted by molar-refractivity contribution is 14.1. The third-order valence-corrected chi connectivity index (χ3v) is 4.78. The number of benzene rings is 1. The molecule has 3 rings (SSSR count). The van der Waals surface area contributed by atoms with Gasteiger partial charge in [-0.05, 0) is 67.5 Å². The van der Waals surface area contributed by atoms with Crippen LogP contribution in [0, 0.1) is 17.4 Å². The molecule has 4 heteroatoms. The van der Waals surface area contributed by atoms with E-state index in [-0.39, 0.29) is 12.4 Å². The van der Waals surface area contributed by atoms with Crippen molar-refractivity contribution >= 4 is 28.4 Å². The molecular formula is C17H18INO2. The first-order valence-electron chi connectivity index (χ1n) is 7.17. The van der Waals surface area contributed by atoms with Crippen LogP contribution < -0.4 is 4.74 Å². The van der Waals surface area contributed by atoms with Gasteiger partial charge in [-0.3, -0.25) is 4.79 Å². The number of Topliss-reactive ketones (excluding diaryl/α,β-unsaturated/α-hetero) is 1. The van der Waals surface area contributed by atoms with E-state index in [0.717, 1.165) is 20.6 Å². The number of hydrogen-bond acceptors (Lipinski definition) is 2. The summed E-state index contributed by atoms with van der Waals surface area (Å²) < 4.78 is 8.98. The molecule has 0 spiro atoms. The van der Waals surface area contributed by atoms with E-state index in [1.807, 2.05) is 37.3 Å². The molecule has 2 aromatic rings. The Morgan fingerprint density at radius 3 is 2.71 bits per heavy atom. The Balaban J connectivity index is 1.74. The zero-order valence-corrected chi connectivity index (χ0v) is 14.4. The van der Waals surface area contributed by atoms with Gasteiger partial charge in [0.2, 0.25) is 5.78 Å². The standard InChI is InChI=1S/C17H18INO2/c1-11-9-14(12(2)19(11)13-7-8-13)16(20)10-21-17-6-4-3-5-15(17)18/h3-6,9,13H,7-8,10H2,1-2H3. The van der Waals surface area contributed by atoms with Gasteiger partial charge in [-0.15, -0.1) is 0 Å². The Kier molecular flexibility index (Phi) is 4.06. The predicted octanol–water partition coefficient (Wildman–Crippen LogP) is 4.31. The van der Waals surface area contributed by atoms with E-state index in [0.29, 0.717) is 6.04 Å². The molecule has 0 saturated heterocycles. The predicted molar refractivity (Wildman–Crippen MR) is 91.2 cm³/mol. The molecular weight excluding hydrogens is 377 g/mol. The fraction of sp³-hybridized carbons (Fsp3) is 0.353. The smallest absolute Gasteiger partial charge is 0.202 e. The van der Waals surface area contributed by atoms with Crippen molar-refractivity contribution in [2.45, 2.75) is 32.7 Å². The maximum absolute atomic E-state index is 12.4. The minimum Gasteiger partial charge on any atom is -0.484 e. The molecule has 1 saturated carbocycles. The molecule has 21 heavy (non-hydrogen) atoms. The van der Waals surface area contributed by atoms with E-state index >= 15 is 0 Å². The second-order valence-corrected chi connectivity index (χ2v) is 6.69. The van der Waals surface area contributed by atoms with Crippen LogP contribution in [0.2, 0.25) is 0 Å². The van der Waals surface area contributed by atoms with Gasteiger partial charge < -0.3 is 9.30 Å². The first kappa shape index (κ1) is 14.6. The molecule has 0 unspecified atom stereocenters. The van der Waals surface area contributed by atoms with E-state index in [1.165, 1.54) is 18.5 Å². The first-order valence-corrected chi connectivity index (χ1v) is 8.24. The van der Waals surface area contributed by atoms with Gasteiger partial charge in [-0.2, -0.15) is 0 Å². The lowest BCUT2D eigenvalue weighted by molar-refractivity contribution is 0.0920. The third kappa shape index (κ3) is 3.00. The van der Waals surface area contributed by atoms with E-state index in [1.54, 1.807) is 0 Å². The Labute approximate surface area is 138 Å². The fourth-order valence-corrected chi connectivity index (χ4v) is 3.28. The van der Waals surface area contributed by atoms with Crippen LogP contribution in [0.1, 0.15) is 40.6 Å². The first-order chi connectivity index (χ1) is 10.1. The highest BCUT2D eigenvalue weighted by atomic mass is 127. The highest BCUT2D eigenvalue weighted by Gasteiger charge is 2.28. The van der Waals surface area contributed by atoms with Gasteiger partial charge in [0.05, 0.1) is 3.57 Å². The number of halogens is 1. The third-order valence-electron chi connectivity index (χ3n) is 3.89. The summed E-state index contributed by atoms with van der Waals surface area (Å²) in [5.74, 6) is 0.817. The van der Waals surface area contributed by atoms with Crippen molar-refractivity contribution in [3.63, 3.8) is 0 Å².